The molecule has 141 heavy (non-hydrogen) atoms. The Morgan fingerprint density at radius 2 is 0.780 bits per heavy atom. The van der Waals surface area contributed by atoms with Crippen molar-refractivity contribution >= 4 is 47.3 Å². The minimum Gasteiger partial charge on any atom is -0.477 e. The van der Waals surface area contributed by atoms with E-state index in [1.165, 1.54) is 31.8 Å². The molecule has 0 aromatic carbocycles. The van der Waals surface area contributed by atoms with E-state index >= 15 is 0 Å². The predicted octanol–water partition coefficient (Wildman–Crippen LogP) is -7.94. The molecule has 0 saturated carbocycles. The van der Waals surface area contributed by atoms with Gasteiger partial charge >= 0.3 is 17.9 Å². The molecule has 7 aliphatic heterocycles. The Morgan fingerprint density at radius 1 is 0.404 bits per heavy atom. The molecular weight excluding hydrogens is 1890 g/mol. The van der Waals surface area contributed by atoms with Gasteiger partial charge in [-0.25, -0.2) is 14.4 Å². The largest absolute Gasteiger partial charge is 0.477 e. The fourth-order valence-electron chi connectivity index (χ4n) is 18.7. The standard InChI is InChI=1S/C90H154N4O47/c1-7-9-11-13-15-17-18-19-20-22-23-25-27-29-49(106)48(94-60(112)30-28-26-24-21-16-14-12-10-8-2)42-128-82-70(119)69(118)74(58(40-100)131-82)134-84-72(121)80(141-90(87(126)127)34-52(109)63(93-46(6)105)78(139-90)68(117)57(39-99)136-88(85(122)123)32-50(107)61(91-44(4)103)76(137-88)64(113)53(110)35-95)75(59(41-101)132-84)135-81-47(31-43(3)102)73(66(115)55(37-97)129-81)133-83-71(120)79(67(116)56(38-98)130-83)140-89(86(124)125)33-51(108)62(92-45(5)104)77(138-89)65(114)54(111)36-96/h27,29,47-59,61-84,95-101,106-111,113-121H,7-26,28,30-42H2,1-6H3,(H,91,103)(H,92,104)(H,93,105)(H,94,112)(H,122,123)(H,124,125)(H,126,127)/t47-,48+,49-,50+,51+,52+,53-,54-,55-,56-,57-,58-,59-,61-,62-,63-,64-,65-,66+,67+,68-,69-,70-,71-,72-,73-,74-,75+,76?,77?,78?,79+,80-,81+,82-,83+,84+,88-,89+,90+/m1/s1. The molecule has 7 aliphatic rings. The number of hydrogen-bond acceptors (Lipinski definition) is 44. The van der Waals surface area contributed by atoms with Crippen molar-refractivity contribution in [1.82, 2.24) is 21.3 Å². The molecule has 7 rings (SSSR count). The van der Waals surface area contributed by atoms with Crippen molar-refractivity contribution in [2.24, 2.45) is 5.92 Å². The van der Waals surface area contributed by atoms with Crippen LogP contribution in [0.15, 0.2) is 12.2 Å². The van der Waals surface area contributed by atoms with Crippen LogP contribution in [0.1, 0.15) is 208 Å². The number of aliphatic hydroxyl groups is 22. The smallest absolute Gasteiger partial charge is 0.364 e. The number of amides is 4. The van der Waals surface area contributed by atoms with Crippen LogP contribution < -0.4 is 21.3 Å². The molecule has 0 bridgehead atoms. The van der Waals surface area contributed by atoms with Crippen LogP contribution in [0.4, 0.5) is 0 Å². The maximum absolute atomic E-state index is 14.6. The van der Waals surface area contributed by atoms with E-state index < -0.39 is 369 Å². The lowest BCUT2D eigenvalue weighted by Crippen LogP contribution is -2.72. The highest BCUT2D eigenvalue weighted by molar-refractivity contribution is 5.79. The van der Waals surface area contributed by atoms with Crippen molar-refractivity contribution in [3.63, 3.8) is 0 Å². The Bertz CT molecular complexity index is 3800. The molecule has 0 radical (unpaired) electrons. The molecule has 40 atom stereocenters. The highest BCUT2D eigenvalue weighted by atomic mass is 16.8. The fraction of sp³-hybridized carbons (Fsp3) is 0.889. The van der Waals surface area contributed by atoms with Gasteiger partial charge in [0.25, 0.3) is 17.4 Å². The number of Topliss-reactive ketones (excluding diaryl/α,β-unsaturated/α-hetero) is 1. The first-order valence-electron chi connectivity index (χ1n) is 48.6. The maximum Gasteiger partial charge on any atom is 0.364 e. The van der Waals surface area contributed by atoms with Crippen molar-refractivity contribution in [1.29, 1.82) is 0 Å². The van der Waals surface area contributed by atoms with E-state index in [2.05, 4.69) is 35.1 Å². The minimum absolute atomic E-state index is 0.0465. The quantitative estimate of drug-likeness (QED) is 0.0199. The summed E-state index contributed by atoms with van der Waals surface area (Å²) in [6.45, 7) is -2.15. The molecule has 7 fully saturated rings. The fourth-order valence-corrected chi connectivity index (χ4v) is 18.7. The van der Waals surface area contributed by atoms with E-state index in [-0.39, 0.29) is 6.42 Å². The lowest BCUT2D eigenvalue weighted by molar-refractivity contribution is -0.409. The molecule has 0 aromatic rings. The predicted molar refractivity (Wildman–Crippen MR) is 475 cm³/mol. The highest BCUT2D eigenvalue weighted by Crippen LogP contribution is 2.46. The first-order valence-corrected chi connectivity index (χ1v) is 48.6. The SMILES string of the molecule is CCCCCCCCCCCCCC=C[C@@H](O)[C@H](CO[C@@H]1O[C@H](CO)[C@@H](O[C@@H]2O[C@H](CO)[C@H](O[C@@H]3O[C@H](CO)[C@H](O)[C@H](O[C@@H]4O[C@H](CO)[C@H](O)[C@H](O[C@]5(C(=O)O)C[C@H](O)[C@@H](NC(C)=O)C([C@H](O)[C@H](O)CO)O5)[C@H]4O)[C@H]3CC(C)=O)[C@H](O[C@]3(C(=O)O)C[C@H](O)[C@@H](NC(C)=O)C([C@H](O)[C@@H](CO)O[C@]4(C(=O)O)C[C@H](O)[C@@H](NC(C)=O)C([C@H](O)[C@H](O)CO)O4)O3)[C@H]2O)[C@H](O)[C@H]1O)NC(=O)CCCCCCCCCCC. The van der Waals surface area contributed by atoms with Crippen LogP contribution in [0.3, 0.4) is 0 Å². The summed E-state index contributed by atoms with van der Waals surface area (Å²) in [5.74, 6) is -23.9. The van der Waals surface area contributed by atoms with Crippen LogP contribution in [-0.2, 0) is 105 Å². The number of allylic oxidation sites excluding steroid dienone is 1. The third kappa shape index (κ3) is 33.1. The van der Waals surface area contributed by atoms with Gasteiger partial charge in [-0.3, -0.25) is 19.2 Å². The molecule has 4 amide bonds. The zero-order valence-electron chi connectivity index (χ0n) is 80.2. The summed E-state index contributed by atoms with van der Waals surface area (Å²) in [4.78, 5) is 107. The number of hydrogen-bond donors (Lipinski definition) is 29. The number of ether oxygens (including phenoxy) is 14. The molecule has 0 spiro atoms. The van der Waals surface area contributed by atoms with Gasteiger partial charge < -0.3 is 220 Å². The Balaban J connectivity index is 1.29. The Hall–Kier alpha value is -5.74. The molecule has 7 saturated heterocycles. The molecule has 7 heterocycles. The van der Waals surface area contributed by atoms with Gasteiger partial charge in [0.1, 0.15) is 146 Å². The number of aliphatic hydroxyl groups excluding tert-OH is 22. The van der Waals surface area contributed by atoms with Crippen LogP contribution >= 0.6 is 0 Å². The molecule has 0 aromatic heterocycles. The number of carbonyl (C=O) groups excluding carboxylic acids is 5. The Labute approximate surface area is 814 Å². The summed E-state index contributed by atoms with van der Waals surface area (Å²) in [5.41, 5.74) is 0. The van der Waals surface area contributed by atoms with Crippen molar-refractivity contribution in [3.05, 3.63) is 12.2 Å². The van der Waals surface area contributed by atoms with Gasteiger partial charge in [-0.1, -0.05) is 142 Å². The van der Waals surface area contributed by atoms with Crippen LogP contribution in [0.2, 0.25) is 0 Å². The summed E-state index contributed by atoms with van der Waals surface area (Å²) in [5, 5.41) is 296. The van der Waals surface area contributed by atoms with Crippen LogP contribution in [0, 0.1) is 5.92 Å². The van der Waals surface area contributed by atoms with Gasteiger partial charge in [0.2, 0.25) is 23.6 Å². The molecule has 51 heteroatoms. The number of carboxylic acid groups (broad SMARTS) is 3. The van der Waals surface area contributed by atoms with Crippen molar-refractivity contribution < 1.29 is 232 Å². The summed E-state index contributed by atoms with van der Waals surface area (Å²) in [6.07, 6.45) is -56.0. The molecular formula is C90H154N4O47. The monoisotopic (exact) mass is 2040 g/mol. The second-order valence-electron chi connectivity index (χ2n) is 37.4. The van der Waals surface area contributed by atoms with Crippen LogP contribution in [0.5, 0.6) is 0 Å². The van der Waals surface area contributed by atoms with E-state index in [1.54, 1.807) is 6.08 Å². The molecule has 3 unspecified atom stereocenters. The van der Waals surface area contributed by atoms with Gasteiger partial charge in [0, 0.05) is 58.8 Å². The van der Waals surface area contributed by atoms with E-state index in [0.29, 0.717) is 12.8 Å². The molecule has 816 valence electrons. The number of aliphatic carboxylic acids is 3. The topological polar surface area (TPSA) is 820 Å². The number of ketones is 1. The highest BCUT2D eigenvalue weighted by Gasteiger charge is 2.66. The van der Waals surface area contributed by atoms with Gasteiger partial charge in [0.15, 0.2) is 25.2 Å². The zero-order valence-corrected chi connectivity index (χ0v) is 80.2. The summed E-state index contributed by atoms with van der Waals surface area (Å²) in [7, 11) is 0. The van der Waals surface area contributed by atoms with E-state index in [1.807, 2.05) is 0 Å². The Kier molecular flexibility index (Phi) is 51.0. The second kappa shape index (κ2) is 58.9. The lowest BCUT2D eigenvalue weighted by atomic mass is 9.86. The zero-order chi connectivity index (χ0) is 105. The average molecular weight is 2040 g/mol. The Morgan fingerprint density at radius 3 is 1.21 bits per heavy atom. The molecule has 51 nitrogen and oxygen atoms in total. The average Bonchev–Trinajstić information content (AvgIpc) is 0.749. The van der Waals surface area contributed by atoms with Gasteiger partial charge in [-0.15, -0.1) is 0 Å². The van der Waals surface area contributed by atoms with Gasteiger partial charge in [0.05, 0.1) is 108 Å². The van der Waals surface area contributed by atoms with E-state index in [4.69, 9.17) is 66.3 Å². The third-order valence-electron chi connectivity index (χ3n) is 26.4. The lowest BCUT2D eigenvalue weighted by Gasteiger charge is -2.53. The summed E-state index contributed by atoms with van der Waals surface area (Å²) < 4.78 is 84.7. The summed E-state index contributed by atoms with van der Waals surface area (Å²) >= 11 is 0. The third-order valence-corrected chi connectivity index (χ3v) is 26.4. The van der Waals surface area contributed by atoms with E-state index in [0.717, 1.165) is 124 Å². The second-order valence-corrected chi connectivity index (χ2v) is 37.4. The molecule has 29 N–H and O–H groups in total. The molecule has 0 aliphatic carbocycles. The van der Waals surface area contributed by atoms with E-state index in [9.17, 15) is 166 Å². The first-order chi connectivity index (χ1) is 66.9. The maximum atomic E-state index is 14.6. The minimum atomic E-state index is -3.79. The van der Waals surface area contributed by atoms with Crippen LogP contribution in [0.25, 0.3) is 0 Å². The van der Waals surface area contributed by atoms with Gasteiger partial charge in [-0.05, 0) is 26.2 Å². The normalized spacial score (nSPS) is 36.5. The van der Waals surface area contributed by atoms with Crippen molar-refractivity contribution in [3.8, 4) is 0 Å². The number of carboxylic acids is 3. The number of nitrogens with one attached hydrogen (secondary N) is 4. The first kappa shape index (κ1) is 122. The van der Waals surface area contributed by atoms with Crippen LogP contribution in [-0.4, -0.2) is 465 Å². The van der Waals surface area contributed by atoms with Gasteiger partial charge in [-0.2, -0.15) is 0 Å². The van der Waals surface area contributed by atoms with Crippen molar-refractivity contribution in [2.45, 2.75) is 446 Å². The number of carbonyl (C=O) groups is 8. The number of rotatable bonds is 61. The van der Waals surface area contributed by atoms with Crippen molar-refractivity contribution in [2.75, 3.05) is 52.9 Å². The summed E-state index contributed by atoms with van der Waals surface area (Å²) in [6, 6.07) is -7.07. The number of unbranched alkanes of at least 4 members (excludes halogenated alkanes) is 19.